The van der Waals surface area contributed by atoms with E-state index in [9.17, 15) is 0 Å². The highest BCUT2D eigenvalue weighted by Crippen LogP contribution is 2.36. The summed E-state index contributed by atoms with van der Waals surface area (Å²) in [5.74, 6) is 0. The quantitative estimate of drug-likeness (QED) is 0.891. The smallest absolute Gasteiger partial charge is 0.0931 e. The highest BCUT2D eigenvalue weighted by atomic mass is 35.5. The molecule has 0 aromatic carbocycles. The van der Waals surface area contributed by atoms with Gasteiger partial charge in [0.15, 0.2) is 0 Å². The van der Waals surface area contributed by atoms with Gasteiger partial charge in [-0.25, -0.2) is 0 Å². The van der Waals surface area contributed by atoms with Crippen molar-refractivity contribution in [3.63, 3.8) is 0 Å². The number of hydrogen-bond donors (Lipinski definition) is 1. The standard InChI is InChI=1S/C14H22ClNOS/c1-11(2)16-10-14(5-7-17-8-6-14)9-12-3-4-13(15)18-12/h3-4,11,16H,5-10H2,1-2H3. The van der Waals surface area contributed by atoms with Crippen LogP contribution in [0, 0.1) is 5.41 Å². The van der Waals surface area contributed by atoms with Gasteiger partial charge in [0.05, 0.1) is 4.34 Å². The van der Waals surface area contributed by atoms with Gasteiger partial charge in [0.1, 0.15) is 0 Å². The summed E-state index contributed by atoms with van der Waals surface area (Å²) in [4.78, 5) is 1.40. The number of halogens is 1. The second kappa shape index (κ2) is 6.38. The molecule has 0 bridgehead atoms. The second-order valence-electron chi connectivity index (χ2n) is 5.53. The van der Waals surface area contributed by atoms with Crippen LogP contribution in [0.2, 0.25) is 4.34 Å². The highest BCUT2D eigenvalue weighted by Gasteiger charge is 2.33. The Labute approximate surface area is 119 Å². The molecule has 0 amide bonds. The van der Waals surface area contributed by atoms with Gasteiger partial charge in [0.25, 0.3) is 0 Å². The van der Waals surface area contributed by atoms with Gasteiger partial charge >= 0.3 is 0 Å². The number of hydrogen-bond acceptors (Lipinski definition) is 3. The van der Waals surface area contributed by atoms with Gasteiger partial charge in [-0.3, -0.25) is 0 Å². The Morgan fingerprint density at radius 3 is 2.67 bits per heavy atom. The fraction of sp³-hybridized carbons (Fsp3) is 0.714. The lowest BCUT2D eigenvalue weighted by atomic mass is 9.76. The van der Waals surface area contributed by atoms with Crippen LogP contribution in [0.4, 0.5) is 0 Å². The van der Waals surface area contributed by atoms with Crippen LogP contribution in [0.25, 0.3) is 0 Å². The Kier molecular flexibility index (Phi) is 5.07. The molecule has 1 saturated heterocycles. The molecule has 1 aromatic heterocycles. The molecule has 1 N–H and O–H groups in total. The minimum Gasteiger partial charge on any atom is -0.381 e. The molecule has 102 valence electrons. The molecule has 18 heavy (non-hydrogen) atoms. The third-order valence-electron chi connectivity index (χ3n) is 3.62. The van der Waals surface area contributed by atoms with Gasteiger partial charge in [0.2, 0.25) is 0 Å². The van der Waals surface area contributed by atoms with Crippen LogP contribution >= 0.6 is 22.9 Å². The first-order chi connectivity index (χ1) is 8.60. The lowest BCUT2D eigenvalue weighted by molar-refractivity contribution is 0.0144. The van der Waals surface area contributed by atoms with Crippen molar-refractivity contribution in [3.05, 3.63) is 21.3 Å². The molecule has 2 rings (SSSR count). The average Bonchev–Trinajstić information content (AvgIpc) is 2.73. The normalized spacial score (nSPS) is 19.3. The molecule has 0 saturated carbocycles. The van der Waals surface area contributed by atoms with E-state index in [1.807, 2.05) is 6.07 Å². The molecule has 0 radical (unpaired) electrons. The third-order valence-corrected chi connectivity index (χ3v) is 4.85. The topological polar surface area (TPSA) is 21.3 Å². The fourth-order valence-electron chi connectivity index (χ4n) is 2.46. The van der Waals surface area contributed by atoms with E-state index in [0.29, 0.717) is 11.5 Å². The largest absolute Gasteiger partial charge is 0.381 e. The Hall–Kier alpha value is -0.0900. The lowest BCUT2D eigenvalue weighted by Crippen LogP contribution is -2.42. The van der Waals surface area contributed by atoms with Crippen LogP contribution in [0.3, 0.4) is 0 Å². The van der Waals surface area contributed by atoms with Gasteiger partial charge in [-0.05, 0) is 36.8 Å². The summed E-state index contributed by atoms with van der Waals surface area (Å²) in [6.45, 7) is 7.26. The van der Waals surface area contributed by atoms with E-state index >= 15 is 0 Å². The SMILES string of the molecule is CC(C)NCC1(Cc2ccc(Cl)s2)CCOCC1. The molecular formula is C14H22ClNOS. The fourth-order valence-corrected chi connectivity index (χ4v) is 3.72. The first-order valence-corrected chi connectivity index (χ1v) is 7.84. The van der Waals surface area contributed by atoms with Crippen LogP contribution < -0.4 is 5.32 Å². The number of thiophene rings is 1. The van der Waals surface area contributed by atoms with Crippen molar-refractivity contribution in [3.8, 4) is 0 Å². The maximum atomic E-state index is 6.03. The Morgan fingerprint density at radius 2 is 2.11 bits per heavy atom. The van der Waals surface area contributed by atoms with E-state index in [4.69, 9.17) is 16.3 Å². The molecule has 0 aliphatic carbocycles. The number of rotatable bonds is 5. The number of nitrogens with one attached hydrogen (secondary N) is 1. The van der Waals surface area contributed by atoms with Crippen LogP contribution in [-0.4, -0.2) is 25.8 Å². The third kappa shape index (κ3) is 3.95. The Morgan fingerprint density at radius 1 is 1.39 bits per heavy atom. The lowest BCUT2D eigenvalue weighted by Gasteiger charge is -2.38. The number of ether oxygens (including phenoxy) is 1. The van der Waals surface area contributed by atoms with E-state index in [1.165, 1.54) is 4.88 Å². The van der Waals surface area contributed by atoms with Crippen molar-refractivity contribution < 1.29 is 4.74 Å². The first-order valence-electron chi connectivity index (χ1n) is 6.65. The molecule has 1 aromatic rings. The van der Waals surface area contributed by atoms with Gasteiger partial charge in [-0.1, -0.05) is 25.4 Å². The van der Waals surface area contributed by atoms with Crippen molar-refractivity contribution in [2.24, 2.45) is 5.41 Å². The molecule has 1 fully saturated rings. The van der Waals surface area contributed by atoms with Crippen molar-refractivity contribution in [2.75, 3.05) is 19.8 Å². The van der Waals surface area contributed by atoms with Crippen molar-refractivity contribution in [1.82, 2.24) is 5.32 Å². The summed E-state index contributed by atoms with van der Waals surface area (Å²) >= 11 is 7.74. The zero-order valence-electron chi connectivity index (χ0n) is 11.2. The van der Waals surface area contributed by atoms with Gasteiger partial charge in [-0.2, -0.15) is 0 Å². The van der Waals surface area contributed by atoms with Crippen LogP contribution in [0.5, 0.6) is 0 Å². The Bertz CT molecular complexity index is 372. The second-order valence-corrected chi connectivity index (χ2v) is 7.33. The van der Waals surface area contributed by atoms with Crippen molar-refractivity contribution >= 4 is 22.9 Å². The molecule has 4 heteroatoms. The minimum atomic E-state index is 0.344. The molecule has 1 aliphatic rings. The molecule has 2 heterocycles. The van der Waals surface area contributed by atoms with Crippen LogP contribution in [0.1, 0.15) is 31.6 Å². The summed E-state index contributed by atoms with van der Waals surface area (Å²) in [7, 11) is 0. The molecule has 2 nitrogen and oxygen atoms in total. The summed E-state index contributed by atoms with van der Waals surface area (Å²) < 4.78 is 6.42. The van der Waals surface area contributed by atoms with Crippen molar-refractivity contribution in [1.29, 1.82) is 0 Å². The predicted octanol–water partition coefficient (Wildman–Crippen LogP) is 3.74. The zero-order valence-corrected chi connectivity index (χ0v) is 12.7. The van der Waals surface area contributed by atoms with E-state index in [1.54, 1.807) is 11.3 Å². The maximum Gasteiger partial charge on any atom is 0.0931 e. The van der Waals surface area contributed by atoms with E-state index in [-0.39, 0.29) is 0 Å². The average molecular weight is 288 g/mol. The van der Waals surface area contributed by atoms with Crippen molar-refractivity contribution in [2.45, 2.75) is 39.2 Å². The maximum absolute atomic E-state index is 6.03. The van der Waals surface area contributed by atoms with E-state index < -0.39 is 0 Å². The molecule has 1 aliphatic heterocycles. The summed E-state index contributed by atoms with van der Waals surface area (Å²) in [5, 5.41) is 3.60. The van der Waals surface area contributed by atoms with Gasteiger partial charge in [0, 0.05) is 30.7 Å². The molecule has 0 atom stereocenters. The first kappa shape index (κ1) is 14.3. The Balaban J connectivity index is 2.03. The highest BCUT2D eigenvalue weighted by molar-refractivity contribution is 7.16. The monoisotopic (exact) mass is 287 g/mol. The van der Waals surface area contributed by atoms with E-state index in [2.05, 4.69) is 25.2 Å². The summed E-state index contributed by atoms with van der Waals surface area (Å²) in [6, 6.07) is 4.71. The van der Waals surface area contributed by atoms with Crippen LogP contribution in [0.15, 0.2) is 12.1 Å². The molecule has 0 unspecified atom stereocenters. The minimum absolute atomic E-state index is 0.344. The van der Waals surface area contributed by atoms with E-state index in [0.717, 1.165) is 43.4 Å². The van der Waals surface area contributed by atoms with Gasteiger partial charge in [-0.15, -0.1) is 11.3 Å². The molecule has 0 spiro atoms. The summed E-state index contributed by atoms with van der Waals surface area (Å²) in [6.07, 6.45) is 3.40. The summed E-state index contributed by atoms with van der Waals surface area (Å²) in [5.41, 5.74) is 0.344. The predicted molar refractivity (Wildman–Crippen MR) is 78.7 cm³/mol. The van der Waals surface area contributed by atoms with Crippen LogP contribution in [-0.2, 0) is 11.2 Å². The zero-order chi connectivity index (χ0) is 13.0. The molecular weight excluding hydrogens is 266 g/mol. The van der Waals surface area contributed by atoms with Gasteiger partial charge < -0.3 is 10.1 Å².